The van der Waals surface area contributed by atoms with E-state index in [0.29, 0.717) is 6.92 Å². The zero-order chi connectivity index (χ0) is 22.8. The van der Waals surface area contributed by atoms with Gasteiger partial charge in [-0.05, 0) is 24.3 Å². The monoisotopic (exact) mass is 444 g/mol. The molecule has 0 aliphatic heterocycles. The number of ether oxygens (including phenoxy) is 1. The van der Waals surface area contributed by atoms with E-state index in [9.17, 15) is 18.4 Å². The van der Waals surface area contributed by atoms with E-state index in [2.05, 4.69) is 20.2 Å². The van der Waals surface area contributed by atoms with E-state index in [1.54, 1.807) is 12.1 Å². The maximum absolute atomic E-state index is 14.3. The lowest BCUT2D eigenvalue weighted by atomic mass is 10.1. The van der Waals surface area contributed by atoms with Crippen molar-refractivity contribution in [2.75, 3.05) is 0 Å². The normalized spacial score (nSPS) is 10.9. The van der Waals surface area contributed by atoms with Gasteiger partial charge in [-0.15, -0.1) is 0 Å². The third kappa shape index (κ3) is 4.91. The molecule has 2 aromatic heterocycles. The summed E-state index contributed by atoms with van der Waals surface area (Å²) in [6, 6.07) is 8.46. The van der Waals surface area contributed by atoms with Gasteiger partial charge in [-0.1, -0.05) is 11.6 Å². The van der Waals surface area contributed by atoms with Gasteiger partial charge in [0.2, 0.25) is 5.75 Å². The summed E-state index contributed by atoms with van der Waals surface area (Å²) in [5.41, 5.74) is -2.54. The van der Waals surface area contributed by atoms with Crippen molar-refractivity contribution < 1.29 is 13.5 Å². The smallest absolute Gasteiger partial charge is 0.294 e. The maximum atomic E-state index is 14.3. The largest absolute Gasteiger partial charge is 0.449 e. The molecule has 1 aromatic carbocycles. The topological polar surface area (TPSA) is 148 Å². The van der Waals surface area contributed by atoms with E-state index in [0.717, 1.165) is 0 Å². The van der Waals surface area contributed by atoms with Crippen LogP contribution in [0.4, 0.5) is 8.78 Å². The van der Waals surface area contributed by atoms with Crippen molar-refractivity contribution in [3.63, 3.8) is 0 Å². The molecule has 0 unspecified atom stereocenters. The van der Waals surface area contributed by atoms with Gasteiger partial charge < -0.3 is 9.72 Å². The predicted octanol–water partition coefficient (Wildman–Crippen LogP) is 2.74. The van der Waals surface area contributed by atoms with Crippen LogP contribution < -0.4 is 15.9 Å². The van der Waals surface area contributed by atoms with Crippen LogP contribution in [0.3, 0.4) is 0 Å². The first-order valence-corrected chi connectivity index (χ1v) is 8.87. The summed E-state index contributed by atoms with van der Waals surface area (Å²) in [4.78, 5) is 30.5. The van der Waals surface area contributed by atoms with Gasteiger partial charge in [-0.3, -0.25) is 9.59 Å². The van der Waals surface area contributed by atoms with E-state index in [1.807, 2.05) is 0 Å². The van der Waals surface area contributed by atoms with Gasteiger partial charge in [-0.25, -0.2) is 10.1 Å². The third-order valence-corrected chi connectivity index (χ3v) is 4.13. The van der Waals surface area contributed by atoms with Gasteiger partial charge in [0.15, 0.2) is 5.69 Å². The highest BCUT2D eigenvalue weighted by Gasteiger charge is 2.34. The fourth-order valence-electron chi connectivity index (χ4n) is 2.62. The number of nitrogens with zero attached hydrogens (tertiary/aromatic N) is 4. The van der Waals surface area contributed by atoms with Crippen molar-refractivity contribution in [2.45, 2.75) is 19.3 Å². The average molecular weight is 445 g/mol. The number of nitrogens with one attached hydrogen (secondary N) is 2. The summed E-state index contributed by atoms with van der Waals surface area (Å²) in [6.45, 7) is 0.522. The van der Waals surface area contributed by atoms with Crippen molar-refractivity contribution >= 4 is 11.6 Å². The molecule has 2 heterocycles. The quantitative estimate of drug-likeness (QED) is 0.614. The molecule has 31 heavy (non-hydrogen) atoms. The molecule has 0 radical (unpaired) electrons. The van der Waals surface area contributed by atoms with E-state index in [-0.39, 0.29) is 39.8 Å². The Labute approximate surface area is 177 Å². The van der Waals surface area contributed by atoms with E-state index in [1.165, 1.54) is 24.3 Å². The number of aromatic nitrogens is 4. The van der Waals surface area contributed by atoms with Crippen LogP contribution >= 0.6 is 11.6 Å². The fourth-order valence-corrected chi connectivity index (χ4v) is 2.79. The second kappa shape index (κ2) is 8.34. The second-order valence-corrected chi connectivity index (χ2v) is 6.76. The number of aromatic amines is 2. The summed E-state index contributed by atoms with van der Waals surface area (Å²) >= 11 is 5.72. The minimum atomic E-state index is -3.59. The SMILES string of the molecule is CC(F)(F)c1nc(Cc2cc(Cl)n[nH]c2=O)[nH]c(=O)c1Oc1cc(C#N)cc(C#N)c1. The lowest BCUT2D eigenvalue weighted by Crippen LogP contribution is -2.24. The van der Waals surface area contributed by atoms with Crippen molar-refractivity contribution in [1.82, 2.24) is 20.2 Å². The molecule has 0 saturated carbocycles. The molecule has 2 N–H and O–H groups in total. The molecule has 0 atom stereocenters. The predicted molar refractivity (Wildman–Crippen MR) is 103 cm³/mol. The number of alkyl halides is 2. The molecule has 0 spiro atoms. The van der Waals surface area contributed by atoms with E-state index >= 15 is 0 Å². The first-order valence-electron chi connectivity index (χ1n) is 8.49. The molecular weight excluding hydrogens is 434 g/mol. The molecule has 156 valence electrons. The van der Waals surface area contributed by atoms with Crippen molar-refractivity contribution in [2.24, 2.45) is 0 Å². The Hall–Kier alpha value is -4.09. The van der Waals surface area contributed by atoms with Crippen LogP contribution in [0.2, 0.25) is 5.15 Å². The highest BCUT2D eigenvalue weighted by molar-refractivity contribution is 6.29. The molecule has 3 aromatic rings. The van der Waals surface area contributed by atoms with Crippen LogP contribution in [0.5, 0.6) is 11.5 Å². The number of rotatable bonds is 5. The first kappa shape index (κ1) is 21.6. The van der Waals surface area contributed by atoms with Crippen LogP contribution in [0.25, 0.3) is 0 Å². The minimum Gasteiger partial charge on any atom is -0.449 e. The lowest BCUT2D eigenvalue weighted by Gasteiger charge is -2.16. The lowest BCUT2D eigenvalue weighted by molar-refractivity contribution is 0.0101. The molecule has 0 bridgehead atoms. The van der Waals surface area contributed by atoms with Gasteiger partial charge >= 0.3 is 0 Å². The zero-order valence-electron chi connectivity index (χ0n) is 15.7. The number of hydrogen-bond acceptors (Lipinski definition) is 7. The second-order valence-electron chi connectivity index (χ2n) is 6.37. The standard InChI is InChI=1S/C19H11ClF2N6O3/c1-19(21,22)16-15(31-12-3-9(7-23)2-10(4-12)8-24)18(30)26-14(25-16)6-11-5-13(20)27-28-17(11)29/h2-5H,6H2,1H3,(H,28,29)(H,25,26,30). The van der Waals surface area contributed by atoms with Gasteiger partial charge in [0.05, 0.1) is 23.3 Å². The fraction of sp³-hybridized carbons (Fsp3) is 0.158. The van der Waals surface area contributed by atoms with Gasteiger partial charge in [0.25, 0.3) is 17.0 Å². The Morgan fingerprint density at radius 3 is 2.35 bits per heavy atom. The molecule has 12 heteroatoms. The van der Waals surface area contributed by atoms with Crippen molar-refractivity contribution in [3.05, 3.63) is 78.3 Å². The number of halogens is 3. The molecule has 3 rings (SSSR count). The summed E-state index contributed by atoms with van der Waals surface area (Å²) < 4.78 is 33.8. The Bertz CT molecular complexity index is 1330. The summed E-state index contributed by atoms with van der Waals surface area (Å²) in [7, 11) is 0. The highest BCUT2D eigenvalue weighted by atomic mass is 35.5. The highest BCUT2D eigenvalue weighted by Crippen LogP contribution is 2.33. The van der Waals surface area contributed by atoms with Crippen LogP contribution in [0, 0.1) is 22.7 Å². The van der Waals surface area contributed by atoms with Gasteiger partial charge in [-0.2, -0.15) is 24.4 Å². The molecule has 0 amide bonds. The minimum absolute atomic E-state index is 0.0358. The van der Waals surface area contributed by atoms with Crippen molar-refractivity contribution in [1.29, 1.82) is 10.5 Å². The van der Waals surface area contributed by atoms with Gasteiger partial charge in [0, 0.05) is 18.9 Å². The molecule has 0 saturated heterocycles. The van der Waals surface area contributed by atoms with E-state index in [4.69, 9.17) is 26.9 Å². The Kier molecular flexibility index (Phi) is 5.81. The Morgan fingerprint density at radius 2 is 1.77 bits per heavy atom. The molecule has 9 nitrogen and oxygen atoms in total. The summed E-state index contributed by atoms with van der Waals surface area (Å²) in [5, 5.41) is 23.7. The molecular formula is C19H11ClF2N6O3. The molecule has 0 aliphatic carbocycles. The number of hydrogen-bond donors (Lipinski definition) is 2. The first-order chi connectivity index (χ1) is 14.6. The summed E-state index contributed by atoms with van der Waals surface area (Å²) in [5.74, 6) is -4.80. The Balaban J connectivity index is 2.09. The number of H-pyrrole nitrogens is 2. The number of benzene rings is 1. The van der Waals surface area contributed by atoms with Crippen LogP contribution in [0.15, 0.2) is 33.9 Å². The Morgan fingerprint density at radius 1 is 1.13 bits per heavy atom. The van der Waals surface area contributed by atoms with E-state index < -0.39 is 28.5 Å². The maximum Gasteiger partial charge on any atom is 0.294 e. The molecule has 0 aliphatic rings. The van der Waals surface area contributed by atoms with Gasteiger partial charge in [0.1, 0.15) is 16.7 Å². The average Bonchev–Trinajstić information content (AvgIpc) is 2.71. The molecule has 0 fully saturated rings. The van der Waals surface area contributed by atoms with Crippen LogP contribution in [-0.2, 0) is 12.3 Å². The third-order valence-electron chi connectivity index (χ3n) is 3.93. The van der Waals surface area contributed by atoms with Crippen molar-refractivity contribution in [3.8, 4) is 23.6 Å². The van der Waals surface area contributed by atoms with Crippen LogP contribution in [-0.4, -0.2) is 20.2 Å². The zero-order valence-corrected chi connectivity index (χ0v) is 16.4. The van der Waals surface area contributed by atoms with Crippen LogP contribution in [0.1, 0.15) is 35.1 Å². The number of nitriles is 2. The summed E-state index contributed by atoms with van der Waals surface area (Å²) in [6.07, 6.45) is -0.307.